The molecule has 4 nitrogen and oxygen atoms in total. The third-order valence-electron chi connectivity index (χ3n) is 11.2. The van der Waals surface area contributed by atoms with Gasteiger partial charge in [-0.15, -0.1) is 0 Å². The van der Waals surface area contributed by atoms with Crippen molar-refractivity contribution in [3.63, 3.8) is 0 Å². The molecular formula is C59H99NO3. The minimum Gasteiger partial charge on any atom is -0.394 e. The molecule has 0 rings (SSSR count). The van der Waals surface area contributed by atoms with Gasteiger partial charge in [-0.1, -0.05) is 251 Å². The van der Waals surface area contributed by atoms with E-state index in [0.717, 1.165) is 109 Å². The van der Waals surface area contributed by atoms with Crippen LogP contribution in [-0.4, -0.2) is 34.9 Å². The molecule has 0 saturated heterocycles. The van der Waals surface area contributed by atoms with Crippen LogP contribution in [0.5, 0.6) is 0 Å². The van der Waals surface area contributed by atoms with Crippen molar-refractivity contribution in [3.8, 4) is 0 Å². The van der Waals surface area contributed by atoms with Crippen LogP contribution in [0.1, 0.15) is 226 Å². The molecule has 2 atom stereocenters. The van der Waals surface area contributed by atoms with E-state index in [1.165, 1.54) is 89.9 Å². The quantitative estimate of drug-likeness (QED) is 0.0422. The summed E-state index contributed by atoms with van der Waals surface area (Å²) in [6, 6.07) is -0.559. The number of nitrogens with one attached hydrogen (secondary N) is 1. The number of allylic oxidation sites excluding steroid dienone is 20. The van der Waals surface area contributed by atoms with Gasteiger partial charge in [0.1, 0.15) is 0 Å². The molecule has 358 valence electrons. The van der Waals surface area contributed by atoms with Crippen LogP contribution in [-0.2, 0) is 4.79 Å². The molecule has 0 aliphatic carbocycles. The van der Waals surface area contributed by atoms with Crippen molar-refractivity contribution in [3.05, 3.63) is 122 Å². The van der Waals surface area contributed by atoms with E-state index in [9.17, 15) is 15.0 Å². The second-order valence-corrected chi connectivity index (χ2v) is 17.2. The summed E-state index contributed by atoms with van der Waals surface area (Å²) in [4.78, 5) is 12.5. The second kappa shape index (κ2) is 53.1. The fourth-order valence-corrected chi connectivity index (χ4v) is 7.27. The predicted octanol–water partition coefficient (Wildman–Crippen LogP) is 17.3. The third-order valence-corrected chi connectivity index (χ3v) is 11.2. The van der Waals surface area contributed by atoms with Gasteiger partial charge >= 0.3 is 0 Å². The van der Waals surface area contributed by atoms with E-state index in [1.807, 2.05) is 0 Å². The van der Waals surface area contributed by atoms with Crippen LogP contribution in [0.15, 0.2) is 122 Å². The first-order valence-corrected chi connectivity index (χ1v) is 26.2. The predicted molar refractivity (Wildman–Crippen MR) is 280 cm³/mol. The Bertz CT molecular complexity index is 1260. The Kier molecular flexibility index (Phi) is 50.4. The number of hydrogen-bond acceptors (Lipinski definition) is 3. The summed E-state index contributed by atoms with van der Waals surface area (Å²) in [7, 11) is 0. The molecule has 0 aromatic carbocycles. The molecule has 0 fully saturated rings. The monoisotopic (exact) mass is 870 g/mol. The molecule has 0 bridgehead atoms. The smallest absolute Gasteiger partial charge is 0.220 e. The number of unbranched alkanes of at least 4 members (excludes halogenated alkanes) is 19. The maximum absolute atomic E-state index is 12.5. The van der Waals surface area contributed by atoms with Crippen molar-refractivity contribution >= 4 is 5.91 Å². The zero-order valence-electron chi connectivity index (χ0n) is 41.0. The van der Waals surface area contributed by atoms with Crippen molar-refractivity contribution < 1.29 is 15.0 Å². The molecular weight excluding hydrogens is 771 g/mol. The summed E-state index contributed by atoms with van der Waals surface area (Å²) < 4.78 is 0. The number of amides is 1. The van der Waals surface area contributed by atoms with Gasteiger partial charge in [0.2, 0.25) is 5.91 Å². The largest absolute Gasteiger partial charge is 0.394 e. The highest BCUT2D eigenvalue weighted by molar-refractivity contribution is 5.76. The first-order chi connectivity index (χ1) is 31.2. The van der Waals surface area contributed by atoms with Crippen molar-refractivity contribution in [1.82, 2.24) is 5.32 Å². The second-order valence-electron chi connectivity index (χ2n) is 17.2. The van der Waals surface area contributed by atoms with Crippen LogP contribution >= 0.6 is 0 Å². The number of rotatable bonds is 46. The van der Waals surface area contributed by atoms with Gasteiger partial charge in [0.25, 0.3) is 0 Å². The third kappa shape index (κ3) is 49.7. The molecule has 0 aliphatic rings. The lowest BCUT2D eigenvalue weighted by atomic mass is 10.0. The first-order valence-electron chi connectivity index (χ1n) is 26.2. The average molecular weight is 870 g/mol. The molecule has 1 amide bonds. The highest BCUT2D eigenvalue weighted by Crippen LogP contribution is 2.15. The fraction of sp³-hybridized carbons (Fsp3) is 0.644. The summed E-state index contributed by atoms with van der Waals surface area (Å²) in [5, 5.41) is 23.2. The Morgan fingerprint density at radius 1 is 0.397 bits per heavy atom. The summed E-state index contributed by atoms with van der Waals surface area (Å²) >= 11 is 0. The van der Waals surface area contributed by atoms with E-state index in [1.54, 1.807) is 0 Å². The molecule has 0 spiro atoms. The summed E-state index contributed by atoms with van der Waals surface area (Å²) in [5.41, 5.74) is 0. The van der Waals surface area contributed by atoms with Gasteiger partial charge in [-0.25, -0.2) is 0 Å². The zero-order chi connectivity index (χ0) is 45.6. The van der Waals surface area contributed by atoms with E-state index in [4.69, 9.17) is 0 Å². The van der Waals surface area contributed by atoms with E-state index >= 15 is 0 Å². The number of hydrogen-bond donors (Lipinski definition) is 3. The minimum atomic E-state index is -0.679. The van der Waals surface area contributed by atoms with Gasteiger partial charge < -0.3 is 15.5 Å². The maximum Gasteiger partial charge on any atom is 0.220 e. The van der Waals surface area contributed by atoms with Crippen LogP contribution < -0.4 is 5.32 Å². The number of aliphatic hydroxyl groups is 2. The summed E-state index contributed by atoms with van der Waals surface area (Å²) in [6.07, 6.45) is 81.5. The maximum atomic E-state index is 12.5. The van der Waals surface area contributed by atoms with Gasteiger partial charge in [0.15, 0.2) is 0 Å². The highest BCUT2D eigenvalue weighted by Gasteiger charge is 2.20. The Labute approximate surface area is 390 Å². The Balaban J connectivity index is 3.67. The number of aliphatic hydroxyl groups excluding tert-OH is 2. The van der Waals surface area contributed by atoms with Gasteiger partial charge in [0.05, 0.1) is 18.8 Å². The van der Waals surface area contributed by atoms with Crippen LogP contribution in [0.25, 0.3) is 0 Å². The lowest BCUT2D eigenvalue weighted by Gasteiger charge is -2.22. The molecule has 0 aliphatic heterocycles. The normalized spacial score (nSPS) is 13.9. The molecule has 0 saturated carbocycles. The molecule has 0 radical (unpaired) electrons. The fourth-order valence-electron chi connectivity index (χ4n) is 7.27. The molecule has 4 heteroatoms. The topological polar surface area (TPSA) is 69.6 Å². The molecule has 0 aromatic rings. The Hall–Kier alpha value is -3.21. The molecule has 3 N–H and O–H groups in total. The molecule has 0 aromatic heterocycles. The highest BCUT2D eigenvalue weighted by atomic mass is 16.3. The van der Waals surface area contributed by atoms with Gasteiger partial charge in [-0.3, -0.25) is 4.79 Å². The summed E-state index contributed by atoms with van der Waals surface area (Å²) in [6.45, 7) is 4.23. The van der Waals surface area contributed by atoms with Crippen LogP contribution in [0, 0.1) is 0 Å². The van der Waals surface area contributed by atoms with E-state index < -0.39 is 12.1 Å². The van der Waals surface area contributed by atoms with Crippen molar-refractivity contribution in [1.29, 1.82) is 0 Å². The summed E-state index contributed by atoms with van der Waals surface area (Å²) in [5.74, 6) is -0.0603. The van der Waals surface area contributed by atoms with E-state index in [2.05, 4.69) is 141 Å². The average Bonchev–Trinajstić information content (AvgIpc) is 3.29. The zero-order valence-corrected chi connectivity index (χ0v) is 41.0. The van der Waals surface area contributed by atoms with Crippen molar-refractivity contribution in [2.45, 2.75) is 238 Å². The molecule has 63 heavy (non-hydrogen) atoms. The van der Waals surface area contributed by atoms with E-state index in [-0.39, 0.29) is 12.5 Å². The first kappa shape index (κ1) is 59.8. The van der Waals surface area contributed by atoms with Crippen LogP contribution in [0.2, 0.25) is 0 Å². The lowest BCUT2D eigenvalue weighted by molar-refractivity contribution is -0.123. The number of carbonyl (C=O) groups is 1. The van der Waals surface area contributed by atoms with Crippen molar-refractivity contribution in [2.24, 2.45) is 0 Å². The SMILES string of the molecule is CC/C=C\C/C=C\C/C=C\C/C=C\C/C=C\C/C=C\C/C=C\C/C=C\C/C=C\C/C=C\CCCCCCC(=O)NC(CO)C(O)CCCCCCCCCCCCCCCCCC. The van der Waals surface area contributed by atoms with Gasteiger partial charge in [0, 0.05) is 6.42 Å². The lowest BCUT2D eigenvalue weighted by Crippen LogP contribution is -2.45. The van der Waals surface area contributed by atoms with Gasteiger partial charge in [-0.05, 0) is 89.9 Å². The molecule has 2 unspecified atom stereocenters. The molecule has 0 heterocycles. The van der Waals surface area contributed by atoms with Crippen LogP contribution in [0.3, 0.4) is 0 Å². The van der Waals surface area contributed by atoms with Crippen LogP contribution in [0.4, 0.5) is 0 Å². The Morgan fingerprint density at radius 3 is 1.05 bits per heavy atom. The van der Waals surface area contributed by atoms with Gasteiger partial charge in [-0.2, -0.15) is 0 Å². The Morgan fingerprint density at radius 2 is 0.698 bits per heavy atom. The minimum absolute atomic E-state index is 0.0603. The standard InChI is InChI=1S/C59H99NO3/c1-3-5-7-9-11-13-15-17-19-21-22-23-24-25-26-27-28-29-30-31-32-33-34-35-36-37-38-39-41-43-45-47-49-51-53-55-59(63)60-57(56-61)58(62)54-52-50-48-46-44-42-40-20-18-16-14-12-10-8-6-4-2/h5,7,11,13,17,19,22-23,25-26,28-29,31-32,34-35,37-38,41,43,57-58,61-62H,3-4,6,8-10,12,14-16,18,20-21,24,27,30,33,36,39-40,42,44-56H2,1-2H3,(H,60,63)/b7-5-,13-11-,19-17-,23-22-,26-25-,29-28-,32-31-,35-34-,38-37-,43-41-. The van der Waals surface area contributed by atoms with E-state index in [0.29, 0.717) is 12.8 Å². The number of carbonyl (C=O) groups excluding carboxylic acids is 1. The van der Waals surface area contributed by atoms with Crippen molar-refractivity contribution in [2.75, 3.05) is 6.61 Å².